The summed E-state index contributed by atoms with van der Waals surface area (Å²) >= 11 is 0. The van der Waals surface area contributed by atoms with Crippen LogP contribution in [0.4, 0.5) is 28.6 Å². The van der Waals surface area contributed by atoms with Gasteiger partial charge in [-0.2, -0.15) is 13.2 Å². The zero-order valence-electron chi connectivity index (χ0n) is 14.8. The van der Waals surface area contributed by atoms with Crippen molar-refractivity contribution in [3.05, 3.63) is 17.8 Å². The molecule has 3 fully saturated rings. The van der Waals surface area contributed by atoms with Crippen molar-refractivity contribution in [2.24, 2.45) is 0 Å². The van der Waals surface area contributed by atoms with Crippen LogP contribution in [0.3, 0.4) is 0 Å². The Balaban J connectivity index is 1.24. The monoisotopic (exact) mass is 400 g/mol. The molecule has 12 heteroatoms. The van der Waals surface area contributed by atoms with Crippen LogP contribution in [0.15, 0.2) is 12.1 Å². The molecule has 1 aromatic rings. The molecule has 152 valence electrons. The number of piperidine rings is 1. The number of hydrogen-bond donors (Lipinski definition) is 2. The van der Waals surface area contributed by atoms with E-state index in [0.29, 0.717) is 39.0 Å². The van der Waals surface area contributed by atoms with E-state index in [-0.39, 0.29) is 24.5 Å². The molecule has 0 aliphatic carbocycles. The number of carbonyl (C=O) groups is 2. The Kier molecular flexibility index (Phi) is 4.42. The summed E-state index contributed by atoms with van der Waals surface area (Å²) in [6, 6.07) is 2.06. The second-order valence-corrected chi connectivity index (χ2v) is 7.33. The highest BCUT2D eigenvalue weighted by atomic mass is 19.4. The normalized spacial score (nSPS) is 21.9. The highest BCUT2D eigenvalue weighted by Crippen LogP contribution is 2.29. The van der Waals surface area contributed by atoms with E-state index >= 15 is 0 Å². The van der Waals surface area contributed by atoms with E-state index in [1.807, 2.05) is 0 Å². The van der Waals surface area contributed by atoms with Crippen LogP contribution in [0.5, 0.6) is 0 Å². The Labute approximate surface area is 158 Å². The van der Waals surface area contributed by atoms with Gasteiger partial charge in [-0.25, -0.2) is 9.59 Å². The van der Waals surface area contributed by atoms with Crippen LogP contribution in [0.1, 0.15) is 18.5 Å². The second kappa shape index (κ2) is 6.67. The molecular weight excluding hydrogens is 381 g/mol. The van der Waals surface area contributed by atoms with Crippen LogP contribution in [-0.4, -0.2) is 76.5 Å². The number of alkyl halides is 3. The van der Waals surface area contributed by atoms with Crippen LogP contribution in [0.25, 0.3) is 0 Å². The molecule has 3 amide bonds. The molecule has 3 aliphatic rings. The predicted octanol–water partition coefficient (Wildman–Crippen LogP) is 1.29. The Bertz CT molecular complexity index is 758. The van der Waals surface area contributed by atoms with Crippen molar-refractivity contribution in [3.8, 4) is 0 Å². The number of ether oxygens (including phenoxy) is 1. The number of halogens is 3. The molecule has 28 heavy (non-hydrogen) atoms. The second-order valence-electron chi connectivity index (χ2n) is 7.33. The molecular formula is C16H19F3N6O3. The summed E-state index contributed by atoms with van der Waals surface area (Å²) in [6.07, 6.45) is -3.67. The number of rotatable bonds is 2. The van der Waals surface area contributed by atoms with E-state index in [1.54, 1.807) is 9.80 Å². The van der Waals surface area contributed by atoms with Gasteiger partial charge in [-0.3, -0.25) is 0 Å². The molecule has 0 bridgehead atoms. The Morgan fingerprint density at radius 2 is 1.93 bits per heavy atom. The fourth-order valence-electron chi connectivity index (χ4n) is 3.67. The van der Waals surface area contributed by atoms with E-state index in [4.69, 9.17) is 4.74 Å². The first-order valence-corrected chi connectivity index (χ1v) is 8.90. The van der Waals surface area contributed by atoms with Gasteiger partial charge in [-0.05, 0) is 25.0 Å². The van der Waals surface area contributed by atoms with E-state index in [2.05, 4.69) is 20.8 Å². The maximum Gasteiger partial charge on any atom is 0.435 e. The van der Waals surface area contributed by atoms with Gasteiger partial charge in [0.25, 0.3) is 0 Å². The number of urea groups is 1. The highest BCUT2D eigenvalue weighted by molar-refractivity contribution is 5.78. The van der Waals surface area contributed by atoms with Crippen LogP contribution in [0, 0.1) is 0 Å². The molecule has 9 nitrogen and oxygen atoms in total. The fourth-order valence-corrected chi connectivity index (χ4v) is 3.67. The molecule has 1 spiro atoms. The largest absolute Gasteiger partial charge is 0.447 e. The van der Waals surface area contributed by atoms with Gasteiger partial charge in [-0.1, -0.05) is 0 Å². The van der Waals surface area contributed by atoms with Gasteiger partial charge in [0.15, 0.2) is 5.69 Å². The molecule has 0 saturated carbocycles. The standard InChI is InChI=1S/C16H19F3N6O3/c17-16(18,19)11-1-2-12(23-22-11)20-10-3-5-24(6-4-10)14(27)25-7-15(8-25)9-28-13(26)21-15/h1-2,10H,3-9H2,(H,20,23)(H,21,26). The molecule has 2 N–H and O–H groups in total. The summed E-state index contributed by atoms with van der Waals surface area (Å²) in [4.78, 5) is 27.1. The number of amides is 3. The van der Waals surface area contributed by atoms with Crippen molar-refractivity contribution in [3.63, 3.8) is 0 Å². The number of alkyl carbamates (subject to hydrolysis) is 1. The van der Waals surface area contributed by atoms with Gasteiger partial charge in [0.05, 0.1) is 13.1 Å². The minimum absolute atomic E-state index is 0.000315. The quantitative estimate of drug-likeness (QED) is 0.776. The van der Waals surface area contributed by atoms with Gasteiger partial charge in [-0.15, -0.1) is 10.2 Å². The van der Waals surface area contributed by atoms with Gasteiger partial charge in [0.1, 0.15) is 18.0 Å². The van der Waals surface area contributed by atoms with Crippen LogP contribution >= 0.6 is 0 Å². The summed E-state index contributed by atoms with van der Waals surface area (Å²) in [5.74, 6) is 0.277. The van der Waals surface area contributed by atoms with E-state index in [9.17, 15) is 22.8 Å². The zero-order valence-corrected chi connectivity index (χ0v) is 14.8. The van der Waals surface area contributed by atoms with Crippen molar-refractivity contribution < 1.29 is 27.5 Å². The van der Waals surface area contributed by atoms with Crippen LogP contribution < -0.4 is 10.6 Å². The third-order valence-corrected chi connectivity index (χ3v) is 5.18. The van der Waals surface area contributed by atoms with Crippen molar-refractivity contribution in [1.82, 2.24) is 25.3 Å². The number of aromatic nitrogens is 2. The Morgan fingerprint density at radius 1 is 1.21 bits per heavy atom. The lowest BCUT2D eigenvalue weighted by atomic mass is 9.92. The number of cyclic esters (lactones) is 1. The SMILES string of the molecule is O=C1NC2(CO1)CN(C(=O)N1CCC(Nc3ccc(C(F)(F)F)nn3)CC1)C2. The lowest BCUT2D eigenvalue weighted by Crippen LogP contribution is -2.71. The lowest BCUT2D eigenvalue weighted by Gasteiger charge is -2.48. The maximum absolute atomic E-state index is 12.5. The van der Waals surface area contributed by atoms with Crippen molar-refractivity contribution in [2.75, 3.05) is 38.1 Å². The summed E-state index contributed by atoms with van der Waals surface area (Å²) in [5.41, 5.74) is -1.48. The molecule has 0 unspecified atom stereocenters. The Hall–Kier alpha value is -2.79. The molecule has 0 aromatic carbocycles. The van der Waals surface area contributed by atoms with Crippen LogP contribution in [-0.2, 0) is 10.9 Å². The molecule has 4 heterocycles. The lowest BCUT2D eigenvalue weighted by molar-refractivity contribution is -0.141. The van der Waals surface area contributed by atoms with Crippen molar-refractivity contribution in [1.29, 1.82) is 0 Å². The topological polar surface area (TPSA) is 99.7 Å². The molecule has 3 aliphatic heterocycles. The first-order chi connectivity index (χ1) is 13.2. The maximum atomic E-state index is 12.5. The summed E-state index contributed by atoms with van der Waals surface area (Å²) in [7, 11) is 0. The number of nitrogens with one attached hydrogen (secondary N) is 2. The van der Waals surface area contributed by atoms with Gasteiger partial charge in [0.2, 0.25) is 0 Å². The smallest absolute Gasteiger partial charge is 0.435 e. The number of likely N-dealkylation sites (tertiary alicyclic amines) is 2. The van der Waals surface area contributed by atoms with Crippen molar-refractivity contribution in [2.45, 2.75) is 30.6 Å². The Morgan fingerprint density at radius 3 is 2.46 bits per heavy atom. The number of anilines is 1. The zero-order chi connectivity index (χ0) is 19.9. The third-order valence-electron chi connectivity index (χ3n) is 5.18. The number of hydrogen-bond acceptors (Lipinski definition) is 6. The van der Waals surface area contributed by atoms with Crippen molar-refractivity contribution >= 4 is 17.9 Å². The summed E-state index contributed by atoms with van der Waals surface area (Å²) < 4.78 is 42.5. The molecule has 0 radical (unpaired) electrons. The van der Waals surface area contributed by atoms with Crippen LogP contribution in [0.2, 0.25) is 0 Å². The highest BCUT2D eigenvalue weighted by Gasteiger charge is 2.52. The van der Waals surface area contributed by atoms with E-state index < -0.39 is 23.5 Å². The average Bonchev–Trinajstić information content (AvgIpc) is 3.02. The summed E-state index contributed by atoms with van der Waals surface area (Å²) in [6.45, 7) is 2.18. The molecule has 1 aromatic heterocycles. The van der Waals surface area contributed by atoms with Gasteiger partial charge < -0.3 is 25.2 Å². The minimum Gasteiger partial charge on any atom is -0.447 e. The van der Waals surface area contributed by atoms with E-state index in [0.717, 1.165) is 6.07 Å². The number of nitrogens with zero attached hydrogens (tertiary/aromatic N) is 4. The predicted molar refractivity (Wildman–Crippen MR) is 89.4 cm³/mol. The fraction of sp³-hybridized carbons (Fsp3) is 0.625. The molecule has 4 rings (SSSR count). The number of carbonyl (C=O) groups excluding carboxylic acids is 2. The van der Waals surface area contributed by atoms with Gasteiger partial charge >= 0.3 is 18.3 Å². The molecule has 0 atom stereocenters. The summed E-state index contributed by atoms with van der Waals surface area (Å²) in [5, 5.41) is 12.6. The first kappa shape index (κ1) is 18.6. The molecule has 3 saturated heterocycles. The van der Waals surface area contributed by atoms with Gasteiger partial charge in [0, 0.05) is 19.1 Å². The third kappa shape index (κ3) is 3.62. The van der Waals surface area contributed by atoms with E-state index in [1.165, 1.54) is 6.07 Å². The minimum atomic E-state index is -4.51. The average molecular weight is 400 g/mol. The first-order valence-electron chi connectivity index (χ1n) is 8.90.